The van der Waals surface area contributed by atoms with Crippen molar-refractivity contribution < 1.29 is 39.8 Å². The zero-order valence-electron chi connectivity index (χ0n) is 36.1. The first-order valence-electron chi connectivity index (χ1n) is 23.6. The van der Waals surface area contributed by atoms with Gasteiger partial charge >= 0.3 is 0 Å². The first-order valence-corrected chi connectivity index (χ1v) is 23.6. The van der Waals surface area contributed by atoms with Gasteiger partial charge in [0.05, 0.1) is 25.4 Å². The van der Waals surface area contributed by atoms with Crippen molar-refractivity contribution in [1.82, 2.24) is 5.32 Å². The maximum absolute atomic E-state index is 13.0. The fraction of sp³-hybridized carbons (Fsp3) is 0.894. The number of rotatable bonds is 39. The number of hydrogen-bond acceptors (Lipinski definition) is 8. The van der Waals surface area contributed by atoms with Crippen molar-refractivity contribution in [2.75, 3.05) is 13.2 Å². The summed E-state index contributed by atoms with van der Waals surface area (Å²) in [6, 6.07) is -0.816. The van der Waals surface area contributed by atoms with Gasteiger partial charge in [0.1, 0.15) is 24.4 Å². The summed E-state index contributed by atoms with van der Waals surface area (Å²) in [4.78, 5) is 13.0. The summed E-state index contributed by atoms with van der Waals surface area (Å²) in [5, 5.41) is 54.2. The molecule has 0 spiro atoms. The van der Waals surface area contributed by atoms with E-state index < -0.39 is 49.5 Å². The molecule has 56 heavy (non-hydrogen) atoms. The summed E-state index contributed by atoms with van der Waals surface area (Å²) in [6.45, 7) is 3.76. The van der Waals surface area contributed by atoms with Crippen molar-refractivity contribution in [1.29, 1.82) is 0 Å². The summed E-state index contributed by atoms with van der Waals surface area (Å²) in [6.07, 6.45) is 37.9. The van der Waals surface area contributed by atoms with Crippen molar-refractivity contribution in [2.24, 2.45) is 0 Å². The highest BCUT2D eigenvalue weighted by Crippen LogP contribution is 2.23. The SMILES string of the molecule is CCCCCCCCCCC/C=C/CC/C=C/C(O)C(COC1OC(CO)C(O)C(O)C1O)NC(=O)CCCCCCCCCCCCCCCCCCCC. The highest BCUT2D eigenvalue weighted by atomic mass is 16.7. The smallest absolute Gasteiger partial charge is 0.220 e. The summed E-state index contributed by atoms with van der Waals surface area (Å²) < 4.78 is 11.2. The Bertz CT molecular complexity index is 930. The van der Waals surface area contributed by atoms with E-state index >= 15 is 0 Å². The van der Waals surface area contributed by atoms with Gasteiger partial charge in [0.15, 0.2) is 6.29 Å². The van der Waals surface area contributed by atoms with Crippen LogP contribution in [0.2, 0.25) is 0 Å². The van der Waals surface area contributed by atoms with E-state index in [4.69, 9.17) is 9.47 Å². The molecule has 0 saturated carbocycles. The van der Waals surface area contributed by atoms with Crippen molar-refractivity contribution in [2.45, 2.75) is 256 Å². The monoisotopic (exact) mass is 796 g/mol. The maximum Gasteiger partial charge on any atom is 0.220 e. The fourth-order valence-electron chi connectivity index (χ4n) is 7.47. The number of carbonyl (C=O) groups excluding carboxylic acids is 1. The Hall–Kier alpha value is -1.33. The molecule has 1 saturated heterocycles. The largest absolute Gasteiger partial charge is 0.394 e. The zero-order valence-corrected chi connectivity index (χ0v) is 36.1. The molecule has 0 bridgehead atoms. The van der Waals surface area contributed by atoms with Crippen LogP contribution in [0.5, 0.6) is 0 Å². The van der Waals surface area contributed by atoms with Crippen molar-refractivity contribution in [3.05, 3.63) is 24.3 Å². The van der Waals surface area contributed by atoms with E-state index in [-0.39, 0.29) is 12.5 Å². The molecule has 0 aromatic carbocycles. The normalized spacial score (nSPS) is 21.3. The van der Waals surface area contributed by atoms with Crippen molar-refractivity contribution in [3.8, 4) is 0 Å². The van der Waals surface area contributed by atoms with Crippen LogP contribution < -0.4 is 5.32 Å². The fourth-order valence-corrected chi connectivity index (χ4v) is 7.47. The highest BCUT2D eigenvalue weighted by Gasteiger charge is 2.44. The molecule has 9 heteroatoms. The average molecular weight is 796 g/mol. The minimum absolute atomic E-state index is 0.184. The molecule has 1 heterocycles. The van der Waals surface area contributed by atoms with Crippen LogP contribution in [0.3, 0.4) is 0 Å². The molecule has 0 radical (unpaired) electrons. The number of aliphatic hydroxyl groups excluding tert-OH is 5. The second-order valence-corrected chi connectivity index (χ2v) is 16.5. The van der Waals surface area contributed by atoms with Crippen LogP contribution >= 0.6 is 0 Å². The molecule has 7 unspecified atom stereocenters. The van der Waals surface area contributed by atoms with Crippen molar-refractivity contribution >= 4 is 5.91 Å². The number of allylic oxidation sites excluding steroid dienone is 3. The zero-order chi connectivity index (χ0) is 40.9. The van der Waals surface area contributed by atoms with E-state index in [2.05, 4.69) is 31.3 Å². The van der Waals surface area contributed by atoms with E-state index in [1.165, 1.54) is 154 Å². The van der Waals surface area contributed by atoms with Gasteiger partial charge in [0, 0.05) is 6.42 Å². The molecule has 1 aliphatic rings. The van der Waals surface area contributed by atoms with Gasteiger partial charge in [-0.1, -0.05) is 199 Å². The second-order valence-electron chi connectivity index (χ2n) is 16.5. The Kier molecular flexibility index (Phi) is 35.7. The number of unbranched alkanes of at least 4 members (excludes halogenated alkanes) is 27. The Balaban J connectivity index is 2.35. The van der Waals surface area contributed by atoms with E-state index in [1.807, 2.05) is 6.08 Å². The van der Waals surface area contributed by atoms with E-state index in [0.717, 1.165) is 38.5 Å². The Labute approximate surface area is 343 Å². The number of amides is 1. The molecule has 0 aromatic rings. The highest BCUT2D eigenvalue weighted by molar-refractivity contribution is 5.76. The number of hydrogen-bond donors (Lipinski definition) is 6. The van der Waals surface area contributed by atoms with Crippen LogP contribution in [0.25, 0.3) is 0 Å². The maximum atomic E-state index is 13.0. The van der Waals surface area contributed by atoms with Crippen molar-refractivity contribution in [3.63, 3.8) is 0 Å². The first kappa shape index (κ1) is 52.7. The lowest BCUT2D eigenvalue weighted by Crippen LogP contribution is -2.60. The third-order valence-corrected chi connectivity index (χ3v) is 11.3. The number of nitrogens with one attached hydrogen (secondary N) is 1. The Morgan fingerprint density at radius 2 is 1.02 bits per heavy atom. The first-order chi connectivity index (χ1) is 27.3. The predicted octanol–water partition coefficient (Wildman–Crippen LogP) is 9.89. The number of aliphatic hydroxyl groups is 5. The standard InChI is InChI=1S/C47H89NO8/c1-3-5-7-9-11-13-15-17-19-20-21-23-25-27-29-31-33-35-37-43(51)48-40(39-55-47-46(54)45(53)44(52)42(38-49)56-47)41(50)36-34-32-30-28-26-24-22-18-16-14-12-10-8-6-4-2/h26,28,34,36,40-42,44-47,49-50,52-54H,3-25,27,29-33,35,37-39H2,1-2H3,(H,48,51)/b28-26+,36-34+. The molecular formula is C47H89NO8. The van der Waals surface area contributed by atoms with Gasteiger partial charge in [0.25, 0.3) is 0 Å². The van der Waals surface area contributed by atoms with Gasteiger partial charge in [-0.05, 0) is 32.1 Å². The lowest BCUT2D eigenvalue weighted by Gasteiger charge is -2.40. The molecule has 1 aliphatic heterocycles. The summed E-state index contributed by atoms with van der Waals surface area (Å²) >= 11 is 0. The molecule has 1 rings (SSSR count). The third kappa shape index (κ3) is 28.2. The molecule has 1 amide bonds. The van der Waals surface area contributed by atoms with Crippen LogP contribution in [-0.4, -0.2) is 87.5 Å². The van der Waals surface area contributed by atoms with E-state index in [9.17, 15) is 30.3 Å². The lowest BCUT2D eigenvalue weighted by molar-refractivity contribution is -0.302. The third-order valence-electron chi connectivity index (χ3n) is 11.3. The average Bonchev–Trinajstić information content (AvgIpc) is 3.20. The minimum Gasteiger partial charge on any atom is -0.394 e. The van der Waals surface area contributed by atoms with Gasteiger partial charge in [-0.25, -0.2) is 0 Å². The van der Waals surface area contributed by atoms with Gasteiger partial charge in [-0.15, -0.1) is 0 Å². The van der Waals surface area contributed by atoms with E-state index in [1.54, 1.807) is 6.08 Å². The molecule has 9 nitrogen and oxygen atoms in total. The molecule has 7 atom stereocenters. The predicted molar refractivity (Wildman–Crippen MR) is 230 cm³/mol. The van der Waals surface area contributed by atoms with Gasteiger partial charge in [-0.2, -0.15) is 0 Å². The quantitative estimate of drug-likeness (QED) is 0.0266. The summed E-state index contributed by atoms with van der Waals surface area (Å²) in [7, 11) is 0. The molecule has 0 aliphatic carbocycles. The Morgan fingerprint density at radius 3 is 1.50 bits per heavy atom. The molecule has 6 N–H and O–H groups in total. The lowest BCUT2D eigenvalue weighted by atomic mass is 9.99. The second kappa shape index (κ2) is 37.9. The summed E-state index contributed by atoms with van der Waals surface area (Å²) in [5.41, 5.74) is 0. The number of carbonyl (C=O) groups is 1. The molecule has 0 aromatic heterocycles. The number of ether oxygens (including phenoxy) is 2. The Morgan fingerprint density at radius 1 is 0.589 bits per heavy atom. The van der Waals surface area contributed by atoms with E-state index in [0.29, 0.717) is 6.42 Å². The van der Waals surface area contributed by atoms with Crippen LogP contribution in [0.1, 0.15) is 213 Å². The topological polar surface area (TPSA) is 149 Å². The van der Waals surface area contributed by atoms with Crippen LogP contribution in [0.4, 0.5) is 0 Å². The molecule has 1 fully saturated rings. The van der Waals surface area contributed by atoms with Gasteiger partial charge in [-0.3, -0.25) is 4.79 Å². The molecule has 330 valence electrons. The van der Waals surface area contributed by atoms with Crippen LogP contribution in [0, 0.1) is 0 Å². The van der Waals surface area contributed by atoms with Crippen LogP contribution in [0.15, 0.2) is 24.3 Å². The summed E-state index contributed by atoms with van der Waals surface area (Å²) in [5.74, 6) is -0.184. The minimum atomic E-state index is -1.57. The van der Waals surface area contributed by atoms with Gasteiger partial charge < -0.3 is 40.3 Å². The van der Waals surface area contributed by atoms with Crippen LogP contribution in [-0.2, 0) is 14.3 Å². The van der Waals surface area contributed by atoms with Gasteiger partial charge in [0.2, 0.25) is 5.91 Å². The molecular weight excluding hydrogens is 707 g/mol.